The molecule has 30 heavy (non-hydrogen) atoms. The van der Waals surface area contributed by atoms with Crippen LogP contribution in [-0.4, -0.2) is 38.9 Å². The van der Waals surface area contributed by atoms with E-state index in [-0.39, 0.29) is 18.2 Å². The van der Waals surface area contributed by atoms with E-state index in [0.717, 1.165) is 49.1 Å². The van der Waals surface area contributed by atoms with Gasteiger partial charge >= 0.3 is 6.03 Å². The lowest BCUT2D eigenvalue weighted by molar-refractivity contribution is 0.225. The second-order valence-electron chi connectivity index (χ2n) is 8.24. The number of anilines is 1. The van der Waals surface area contributed by atoms with E-state index in [0.29, 0.717) is 0 Å². The summed E-state index contributed by atoms with van der Waals surface area (Å²) in [6, 6.07) is 16.1. The van der Waals surface area contributed by atoms with Gasteiger partial charge in [-0.25, -0.2) is 4.79 Å². The lowest BCUT2D eigenvalue weighted by Gasteiger charge is -2.20. The van der Waals surface area contributed by atoms with Crippen LogP contribution in [0.25, 0.3) is 0 Å². The Hall–Kier alpha value is -2.89. The first-order valence-electron chi connectivity index (χ1n) is 10.8. The van der Waals surface area contributed by atoms with Crippen molar-refractivity contribution in [3.63, 3.8) is 0 Å². The molecule has 1 saturated heterocycles. The summed E-state index contributed by atoms with van der Waals surface area (Å²) in [4.78, 5) is 13.8. The lowest BCUT2D eigenvalue weighted by Crippen LogP contribution is -2.34. The minimum Gasteiger partial charge on any atom is -0.493 e. The van der Waals surface area contributed by atoms with Crippen molar-refractivity contribution in [1.82, 2.24) is 10.6 Å². The standard InChI is InChI=1S/C24H31N3O3/c1-17(26-24(28)25-2)19-5-9-22(10-6-19)30-23-13-14-27(15-23)20-7-11-21(12-8-20)29-16-18-3-4-18/h5-12,17-18,23H,3-4,13-16H2,1-2H3,(H2,25,26,28). The van der Waals surface area contributed by atoms with Crippen LogP contribution >= 0.6 is 0 Å². The normalized spacial score (nSPS) is 19.3. The van der Waals surface area contributed by atoms with Crippen LogP contribution in [0.1, 0.15) is 37.8 Å². The SMILES string of the molecule is CNC(=O)NC(C)c1ccc(OC2CCN(c3ccc(OCC4CC4)cc3)C2)cc1. The first-order chi connectivity index (χ1) is 14.6. The van der Waals surface area contributed by atoms with Gasteiger partial charge in [-0.3, -0.25) is 0 Å². The molecule has 0 bridgehead atoms. The molecule has 4 rings (SSSR count). The van der Waals surface area contributed by atoms with Crippen molar-refractivity contribution in [3.05, 3.63) is 54.1 Å². The second-order valence-corrected chi connectivity index (χ2v) is 8.24. The fraction of sp³-hybridized carbons (Fsp3) is 0.458. The van der Waals surface area contributed by atoms with Crippen LogP contribution in [0.5, 0.6) is 11.5 Å². The minimum absolute atomic E-state index is 0.0581. The van der Waals surface area contributed by atoms with E-state index in [1.54, 1.807) is 7.05 Å². The highest BCUT2D eigenvalue weighted by molar-refractivity contribution is 5.73. The summed E-state index contributed by atoms with van der Waals surface area (Å²) in [6.45, 7) is 4.66. The largest absolute Gasteiger partial charge is 0.493 e. The summed E-state index contributed by atoms with van der Waals surface area (Å²) in [7, 11) is 1.61. The number of carbonyl (C=O) groups excluding carboxylic acids is 1. The first kappa shape index (κ1) is 20.4. The number of hydrogen-bond acceptors (Lipinski definition) is 4. The first-order valence-corrected chi connectivity index (χ1v) is 10.8. The Bertz CT molecular complexity index is 834. The molecule has 0 radical (unpaired) electrons. The number of carbonyl (C=O) groups is 1. The number of ether oxygens (including phenoxy) is 2. The average Bonchev–Trinajstić information content (AvgIpc) is 3.49. The predicted octanol–water partition coefficient (Wildman–Crippen LogP) is 4.12. The molecule has 2 N–H and O–H groups in total. The molecule has 6 heteroatoms. The summed E-state index contributed by atoms with van der Waals surface area (Å²) in [5, 5.41) is 5.45. The molecule has 2 atom stereocenters. The number of hydrogen-bond donors (Lipinski definition) is 2. The quantitative estimate of drug-likeness (QED) is 0.688. The number of nitrogens with zero attached hydrogens (tertiary/aromatic N) is 1. The van der Waals surface area contributed by atoms with Crippen LogP contribution < -0.4 is 25.0 Å². The van der Waals surface area contributed by atoms with Crippen LogP contribution in [-0.2, 0) is 0 Å². The van der Waals surface area contributed by atoms with Gasteiger partial charge in [0.25, 0.3) is 0 Å². The van der Waals surface area contributed by atoms with Gasteiger partial charge in [-0.05, 0) is 67.6 Å². The van der Waals surface area contributed by atoms with Gasteiger partial charge in [-0.1, -0.05) is 12.1 Å². The highest BCUT2D eigenvalue weighted by atomic mass is 16.5. The highest BCUT2D eigenvalue weighted by Crippen LogP contribution is 2.30. The monoisotopic (exact) mass is 409 g/mol. The van der Waals surface area contributed by atoms with E-state index in [9.17, 15) is 4.79 Å². The molecule has 2 fully saturated rings. The van der Waals surface area contributed by atoms with Crippen molar-refractivity contribution in [2.24, 2.45) is 5.92 Å². The molecule has 1 aliphatic heterocycles. The van der Waals surface area contributed by atoms with Crippen molar-refractivity contribution in [3.8, 4) is 11.5 Å². The van der Waals surface area contributed by atoms with Gasteiger partial charge in [0, 0.05) is 25.7 Å². The maximum Gasteiger partial charge on any atom is 0.315 e. The molecule has 1 saturated carbocycles. The fourth-order valence-corrected chi connectivity index (χ4v) is 3.69. The molecule has 1 aliphatic carbocycles. The van der Waals surface area contributed by atoms with Crippen molar-refractivity contribution >= 4 is 11.7 Å². The Kier molecular flexibility index (Phi) is 6.31. The zero-order valence-electron chi connectivity index (χ0n) is 17.8. The molecule has 0 spiro atoms. The second kappa shape index (κ2) is 9.28. The van der Waals surface area contributed by atoms with Crippen LogP contribution in [0.4, 0.5) is 10.5 Å². The molecule has 0 aromatic heterocycles. The van der Waals surface area contributed by atoms with Crippen molar-refractivity contribution in [2.45, 2.75) is 38.3 Å². The number of amides is 2. The Labute approximate surface area is 178 Å². The third-order valence-electron chi connectivity index (χ3n) is 5.79. The maximum absolute atomic E-state index is 11.5. The molecular formula is C24H31N3O3. The molecule has 1 heterocycles. The van der Waals surface area contributed by atoms with Crippen LogP contribution in [0, 0.1) is 5.92 Å². The third-order valence-corrected chi connectivity index (χ3v) is 5.79. The number of rotatable bonds is 8. The Morgan fingerprint density at radius 2 is 1.77 bits per heavy atom. The van der Waals surface area contributed by atoms with Gasteiger partial charge in [0.1, 0.15) is 17.6 Å². The number of nitrogens with one attached hydrogen (secondary N) is 2. The lowest BCUT2D eigenvalue weighted by atomic mass is 10.1. The Balaban J connectivity index is 1.26. The topological polar surface area (TPSA) is 62.8 Å². The van der Waals surface area contributed by atoms with Crippen LogP contribution in [0.3, 0.4) is 0 Å². The van der Waals surface area contributed by atoms with Gasteiger partial charge in [-0.15, -0.1) is 0 Å². The average molecular weight is 410 g/mol. The van der Waals surface area contributed by atoms with E-state index in [1.807, 2.05) is 31.2 Å². The molecule has 2 aromatic carbocycles. The summed E-state index contributed by atoms with van der Waals surface area (Å²) in [5.41, 5.74) is 2.26. The van der Waals surface area contributed by atoms with E-state index >= 15 is 0 Å². The molecule has 2 amide bonds. The van der Waals surface area contributed by atoms with Crippen molar-refractivity contribution in [2.75, 3.05) is 31.6 Å². The van der Waals surface area contributed by atoms with Crippen LogP contribution in [0.2, 0.25) is 0 Å². The van der Waals surface area contributed by atoms with Gasteiger partial charge in [-0.2, -0.15) is 0 Å². The molecular weight excluding hydrogens is 378 g/mol. The minimum atomic E-state index is -0.184. The zero-order chi connectivity index (χ0) is 20.9. The van der Waals surface area contributed by atoms with Crippen molar-refractivity contribution < 1.29 is 14.3 Å². The number of benzene rings is 2. The molecule has 2 unspecified atom stereocenters. The molecule has 2 aliphatic rings. The van der Waals surface area contributed by atoms with E-state index < -0.39 is 0 Å². The summed E-state index contributed by atoms with van der Waals surface area (Å²) in [5.74, 6) is 2.59. The van der Waals surface area contributed by atoms with Crippen molar-refractivity contribution in [1.29, 1.82) is 0 Å². The van der Waals surface area contributed by atoms with Gasteiger partial charge in [0.05, 0.1) is 19.2 Å². The van der Waals surface area contributed by atoms with E-state index in [2.05, 4.69) is 39.8 Å². The van der Waals surface area contributed by atoms with Gasteiger partial charge < -0.3 is 25.0 Å². The summed E-state index contributed by atoms with van der Waals surface area (Å²) < 4.78 is 12.0. The fourth-order valence-electron chi connectivity index (χ4n) is 3.69. The van der Waals surface area contributed by atoms with Crippen LogP contribution in [0.15, 0.2) is 48.5 Å². The maximum atomic E-state index is 11.5. The zero-order valence-corrected chi connectivity index (χ0v) is 17.8. The Morgan fingerprint density at radius 3 is 2.43 bits per heavy atom. The highest BCUT2D eigenvalue weighted by Gasteiger charge is 2.25. The van der Waals surface area contributed by atoms with Gasteiger partial charge in [0.2, 0.25) is 0 Å². The number of urea groups is 1. The van der Waals surface area contributed by atoms with E-state index in [1.165, 1.54) is 18.5 Å². The van der Waals surface area contributed by atoms with Gasteiger partial charge in [0.15, 0.2) is 0 Å². The predicted molar refractivity (Wildman–Crippen MR) is 118 cm³/mol. The molecule has 2 aromatic rings. The molecule has 160 valence electrons. The van der Waals surface area contributed by atoms with E-state index in [4.69, 9.17) is 9.47 Å². The summed E-state index contributed by atoms with van der Waals surface area (Å²) >= 11 is 0. The third kappa shape index (κ3) is 5.38. The smallest absolute Gasteiger partial charge is 0.315 e. The Morgan fingerprint density at radius 1 is 1.07 bits per heavy atom. The summed E-state index contributed by atoms with van der Waals surface area (Å²) in [6.07, 6.45) is 3.78. The molecule has 6 nitrogen and oxygen atoms in total.